The molecule has 2 saturated heterocycles. The van der Waals surface area contributed by atoms with E-state index in [0.29, 0.717) is 18.5 Å². The number of aliphatic hydroxyl groups is 2. The molecule has 1 aromatic heterocycles. The topological polar surface area (TPSA) is 109 Å². The average molecular weight is 524 g/mol. The van der Waals surface area contributed by atoms with Crippen molar-refractivity contribution in [2.75, 3.05) is 0 Å². The van der Waals surface area contributed by atoms with E-state index in [1.807, 2.05) is 20.8 Å². The van der Waals surface area contributed by atoms with Gasteiger partial charge in [0, 0.05) is 17.7 Å². The number of ketones is 1. The number of carbonyl (C=O) groups is 2. The van der Waals surface area contributed by atoms with E-state index in [1.165, 1.54) is 17.4 Å². The van der Waals surface area contributed by atoms with Crippen LogP contribution in [0.15, 0.2) is 11.2 Å². The molecule has 1 aliphatic carbocycles. The van der Waals surface area contributed by atoms with E-state index in [9.17, 15) is 19.8 Å². The van der Waals surface area contributed by atoms with Gasteiger partial charge in [-0.15, -0.1) is 11.3 Å². The minimum atomic E-state index is -1.25. The van der Waals surface area contributed by atoms with Gasteiger partial charge in [0.2, 0.25) is 0 Å². The number of thiazole rings is 1. The second-order valence-corrected chi connectivity index (χ2v) is 12.3. The molecule has 0 bridgehead atoms. The zero-order valence-corrected chi connectivity index (χ0v) is 22.4. The number of hydrogen-bond acceptors (Lipinski definition) is 8. The zero-order valence-electron chi connectivity index (χ0n) is 21.5. The maximum Gasteiger partial charge on any atom is 0.309 e. The maximum atomic E-state index is 15.3. The van der Waals surface area contributed by atoms with Crippen LogP contribution >= 0.6 is 11.3 Å². The summed E-state index contributed by atoms with van der Waals surface area (Å²) in [4.78, 5) is 30.6. The van der Waals surface area contributed by atoms with Gasteiger partial charge in [-0.05, 0) is 51.5 Å². The van der Waals surface area contributed by atoms with Gasteiger partial charge in [0.15, 0.2) is 6.10 Å². The molecule has 200 valence electrons. The van der Waals surface area contributed by atoms with Crippen molar-refractivity contribution in [1.82, 2.24) is 4.98 Å². The van der Waals surface area contributed by atoms with E-state index < -0.39 is 53.5 Å². The van der Waals surface area contributed by atoms with Crippen molar-refractivity contribution < 1.29 is 33.7 Å². The van der Waals surface area contributed by atoms with E-state index in [-0.39, 0.29) is 24.2 Å². The summed E-state index contributed by atoms with van der Waals surface area (Å²) < 4.78 is 26.8. The van der Waals surface area contributed by atoms with E-state index in [1.54, 1.807) is 12.3 Å². The Kier molecular flexibility index (Phi) is 8.05. The molecule has 3 fully saturated rings. The molecule has 1 saturated carbocycles. The highest BCUT2D eigenvalue weighted by Gasteiger charge is 2.55. The van der Waals surface area contributed by atoms with E-state index >= 15 is 4.39 Å². The standard InChI is InChI=1S/C27H38FNO6S/c1-15-7-5-8-26(4)22(35-26)12-20(19(28)11-18-14-36-17(3)29-18)34-23(31)13-21(30)27(9-6-10-27)25(33)16(2)24(15)32/h11,14-16,20-22,24,30,32H,5-10,12-13H2,1-4H3/b19-11-. The van der Waals surface area contributed by atoms with Crippen LogP contribution in [-0.2, 0) is 19.1 Å². The van der Waals surface area contributed by atoms with Crippen LogP contribution in [0, 0.1) is 24.2 Å². The molecule has 0 radical (unpaired) electrons. The van der Waals surface area contributed by atoms with Gasteiger partial charge in [-0.2, -0.15) is 0 Å². The van der Waals surface area contributed by atoms with Crippen LogP contribution in [-0.4, -0.2) is 57.0 Å². The molecule has 2 N–H and O–H groups in total. The molecule has 3 heterocycles. The number of halogens is 1. The van der Waals surface area contributed by atoms with E-state index in [4.69, 9.17) is 9.47 Å². The Morgan fingerprint density at radius 3 is 2.56 bits per heavy atom. The largest absolute Gasteiger partial charge is 0.455 e. The first-order valence-electron chi connectivity index (χ1n) is 13.0. The molecular weight excluding hydrogens is 485 g/mol. The molecule has 1 aromatic rings. The van der Waals surface area contributed by atoms with Crippen LogP contribution in [0.1, 0.15) is 82.8 Å². The molecule has 0 aromatic carbocycles. The third kappa shape index (κ3) is 5.59. The van der Waals surface area contributed by atoms with Crippen LogP contribution < -0.4 is 0 Å². The Labute approximate surface area is 216 Å². The molecule has 1 spiro atoms. The Hall–Kier alpha value is -1.68. The second-order valence-electron chi connectivity index (χ2n) is 11.2. The number of hydrogen-bond donors (Lipinski definition) is 2. The number of aromatic nitrogens is 1. The number of fused-ring (bicyclic) bond motifs is 1. The summed E-state index contributed by atoms with van der Waals surface area (Å²) in [5.74, 6) is -2.36. The molecule has 4 rings (SSSR count). The highest BCUT2D eigenvalue weighted by atomic mass is 32.1. The fraction of sp³-hybridized carbons (Fsp3) is 0.741. The molecule has 7 atom stereocenters. The fourth-order valence-electron chi connectivity index (χ4n) is 5.81. The van der Waals surface area contributed by atoms with Gasteiger partial charge in [-0.3, -0.25) is 9.59 Å². The predicted octanol–water partition coefficient (Wildman–Crippen LogP) is 4.53. The van der Waals surface area contributed by atoms with Gasteiger partial charge < -0.3 is 19.7 Å². The number of Topliss-reactive ketones (excluding diaryl/α,β-unsaturated/α-hetero) is 1. The van der Waals surface area contributed by atoms with Gasteiger partial charge in [-0.25, -0.2) is 9.37 Å². The number of epoxide rings is 1. The SMILES string of the molecule is Cc1nc(/C=C(\F)C2CC3OC3(C)CCCC(C)C(O)C(C)C(=O)C3(CCC3)C(O)CC(=O)O2)cs1. The summed E-state index contributed by atoms with van der Waals surface area (Å²) in [5.41, 5.74) is -1.07. The highest BCUT2D eigenvalue weighted by molar-refractivity contribution is 7.09. The fourth-order valence-corrected chi connectivity index (χ4v) is 6.38. The van der Waals surface area contributed by atoms with Gasteiger partial charge >= 0.3 is 5.97 Å². The minimum Gasteiger partial charge on any atom is -0.455 e. The number of aryl methyl sites for hydroxylation is 1. The third-order valence-corrected chi connectivity index (χ3v) is 9.33. The van der Waals surface area contributed by atoms with Crippen LogP contribution in [0.5, 0.6) is 0 Å². The van der Waals surface area contributed by atoms with Crippen molar-refractivity contribution >= 4 is 29.2 Å². The Balaban J connectivity index is 1.58. The van der Waals surface area contributed by atoms with Crippen LogP contribution in [0.3, 0.4) is 0 Å². The number of cyclic esters (lactones) is 1. The van der Waals surface area contributed by atoms with Crippen molar-refractivity contribution in [3.05, 3.63) is 21.9 Å². The first kappa shape index (κ1) is 27.4. The second kappa shape index (κ2) is 10.6. The molecule has 3 aliphatic rings. The Bertz CT molecular complexity index is 1010. The molecule has 0 amide bonds. The quantitative estimate of drug-likeness (QED) is 0.433. The smallest absolute Gasteiger partial charge is 0.309 e. The average Bonchev–Trinajstić information content (AvgIpc) is 3.22. The normalized spacial score (nSPS) is 38.2. The Morgan fingerprint density at radius 1 is 1.22 bits per heavy atom. The number of aliphatic hydroxyl groups excluding tert-OH is 2. The number of carbonyl (C=O) groups excluding carboxylic acids is 2. The minimum absolute atomic E-state index is 0.105. The van der Waals surface area contributed by atoms with Crippen LogP contribution in [0.4, 0.5) is 4.39 Å². The number of nitrogens with zero attached hydrogens (tertiary/aromatic N) is 1. The van der Waals surface area contributed by atoms with Crippen molar-refractivity contribution in [3.63, 3.8) is 0 Å². The van der Waals surface area contributed by atoms with Gasteiger partial charge in [0.25, 0.3) is 0 Å². The van der Waals surface area contributed by atoms with Crippen molar-refractivity contribution in [2.45, 2.75) is 109 Å². The van der Waals surface area contributed by atoms with Crippen LogP contribution in [0.2, 0.25) is 0 Å². The van der Waals surface area contributed by atoms with Crippen molar-refractivity contribution in [3.8, 4) is 0 Å². The highest BCUT2D eigenvalue weighted by Crippen LogP contribution is 2.49. The lowest BCUT2D eigenvalue weighted by molar-refractivity contribution is -0.162. The number of ether oxygens (including phenoxy) is 2. The first-order chi connectivity index (χ1) is 16.9. The molecule has 9 heteroatoms. The summed E-state index contributed by atoms with van der Waals surface area (Å²) in [7, 11) is 0. The zero-order chi connectivity index (χ0) is 26.3. The number of esters is 1. The van der Waals surface area contributed by atoms with E-state index in [2.05, 4.69) is 4.98 Å². The lowest BCUT2D eigenvalue weighted by Gasteiger charge is -2.46. The van der Waals surface area contributed by atoms with E-state index in [0.717, 1.165) is 30.7 Å². The Morgan fingerprint density at radius 2 is 1.94 bits per heavy atom. The molecule has 7 unspecified atom stereocenters. The van der Waals surface area contributed by atoms with Crippen LogP contribution in [0.25, 0.3) is 6.08 Å². The summed E-state index contributed by atoms with van der Waals surface area (Å²) in [6.07, 6.45) is 1.40. The lowest BCUT2D eigenvalue weighted by Crippen LogP contribution is -2.53. The summed E-state index contributed by atoms with van der Waals surface area (Å²) >= 11 is 1.40. The molecule has 2 aliphatic heterocycles. The van der Waals surface area contributed by atoms with Crippen molar-refractivity contribution in [2.24, 2.45) is 17.3 Å². The van der Waals surface area contributed by atoms with Crippen molar-refractivity contribution in [1.29, 1.82) is 0 Å². The predicted molar refractivity (Wildman–Crippen MR) is 134 cm³/mol. The summed E-state index contributed by atoms with van der Waals surface area (Å²) in [6, 6.07) is 0. The first-order valence-corrected chi connectivity index (χ1v) is 13.9. The third-order valence-electron chi connectivity index (χ3n) is 8.54. The monoisotopic (exact) mass is 523 g/mol. The lowest BCUT2D eigenvalue weighted by atomic mass is 9.58. The molecular formula is C27H38FNO6S. The summed E-state index contributed by atoms with van der Waals surface area (Å²) in [6.45, 7) is 7.43. The summed E-state index contributed by atoms with van der Waals surface area (Å²) in [5, 5.41) is 24.5. The number of rotatable bonds is 2. The van der Waals surface area contributed by atoms with Gasteiger partial charge in [-0.1, -0.05) is 26.7 Å². The molecule has 36 heavy (non-hydrogen) atoms. The van der Waals surface area contributed by atoms with Gasteiger partial charge in [0.05, 0.1) is 46.5 Å². The van der Waals surface area contributed by atoms with Gasteiger partial charge in [0.1, 0.15) is 11.6 Å². The maximum absolute atomic E-state index is 15.3. The molecule has 7 nitrogen and oxygen atoms in total.